The van der Waals surface area contributed by atoms with Gasteiger partial charge in [0.2, 0.25) is 5.91 Å². The molecule has 0 saturated carbocycles. The summed E-state index contributed by atoms with van der Waals surface area (Å²) in [6.45, 7) is 8.36. The summed E-state index contributed by atoms with van der Waals surface area (Å²) in [5, 5.41) is 11.9. The normalized spacial score (nSPS) is 12.6. The highest BCUT2D eigenvalue weighted by Gasteiger charge is 2.19. The van der Waals surface area contributed by atoms with E-state index in [-0.39, 0.29) is 18.0 Å². The van der Waals surface area contributed by atoms with Crippen LogP contribution >= 0.6 is 11.8 Å². The fourth-order valence-corrected chi connectivity index (χ4v) is 3.19. The van der Waals surface area contributed by atoms with E-state index < -0.39 is 0 Å². The molecule has 2 aromatic rings. The van der Waals surface area contributed by atoms with Crippen LogP contribution in [0.25, 0.3) is 0 Å². The predicted molar refractivity (Wildman–Crippen MR) is 93.3 cm³/mol. The predicted octanol–water partition coefficient (Wildman–Crippen LogP) is 3.46. The van der Waals surface area contributed by atoms with E-state index in [2.05, 4.69) is 43.2 Å². The molecule has 0 aliphatic heterocycles. The molecule has 1 aromatic carbocycles. The van der Waals surface area contributed by atoms with Gasteiger partial charge in [0.15, 0.2) is 5.16 Å². The van der Waals surface area contributed by atoms with Crippen molar-refractivity contribution in [2.75, 3.05) is 5.75 Å². The number of thioether (sulfide) groups is 1. The molecule has 0 aliphatic carbocycles. The molecule has 1 heterocycles. The monoisotopic (exact) mass is 332 g/mol. The summed E-state index contributed by atoms with van der Waals surface area (Å²) in [5.41, 5.74) is 1.13. The smallest absolute Gasteiger partial charge is 0.230 e. The minimum atomic E-state index is 0.0101. The minimum Gasteiger partial charge on any atom is -0.348 e. The molecule has 23 heavy (non-hydrogen) atoms. The van der Waals surface area contributed by atoms with Crippen LogP contribution in [0.4, 0.5) is 0 Å². The van der Waals surface area contributed by atoms with Crippen molar-refractivity contribution in [2.24, 2.45) is 5.92 Å². The highest BCUT2D eigenvalue weighted by Crippen LogP contribution is 2.23. The first kappa shape index (κ1) is 17.5. The Hall–Kier alpha value is -1.82. The highest BCUT2D eigenvalue weighted by molar-refractivity contribution is 7.99. The molecule has 0 spiro atoms. The zero-order valence-corrected chi connectivity index (χ0v) is 14.9. The standard InChI is InChI=1S/C17H24N4OS/c1-12(2)16(14-8-6-5-7-9-14)19-15(22)10-23-17-20-18-11-21(17)13(3)4/h5-9,11-13,16H,10H2,1-4H3,(H,19,22). The molecule has 124 valence electrons. The Balaban J connectivity index is 1.96. The Morgan fingerprint density at radius 1 is 1.22 bits per heavy atom. The van der Waals surface area contributed by atoms with E-state index in [0.29, 0.717) is 11.7 Å². The number of hydrogen-bond donors (Lipinski definition) is 1. The maximum Gasteiger partial charge on any atom is 0.230 e. The van der Waals surface area contributed by atoms with Crippen LogP contribution in [0.2, 0.25) is 0 Å². The van der Waals surface area contributed by atoms with Gasteiger partial charge in [-0.3, -0.25) is 4.79 Å². The van der Waals surface area contributed by atoms with Crippen molar-refractivity contribution < 1.29 is 4.79 Å². The fourth-order valence-electron chi connectivity index (χ4n) is 2.33. The molecule has 6 heteroatoms. The van der Waals surface area contributed by atoms with Gasteiger partial charge in [-0.2, -0.15) is 0 Å². The summed E-state index contributed by atoms with van der Waals surface area (Å²) in [6, 6.07) is 10.4. The van der Waals surface area contributed by atoms with Crippen molar-refractivity contribution in [1.82, 2.24) is 20.1 Å². The first-order valence-electron chi connectivity index (χ1n) is 7.85. The number of nitrogens with one attached hydrogen (secondary N) is 1. The third-order valence-electron chi connectivity index (χ3n) is 3.57. The number of nitrogens with zero attached hydrogens (tertiary/aromatic N) is 3. The third kappa shape index (κ3) is 4.82. The van der Waals surface area contributed by atoms with Crippen LogP contribution in [0.15, 0.2) is 41.8 Å². The van der Waals surface area contributed by atoms with Gasteiger partial charge >= 0.3 is 0 Å². The van der Waals surface area contributed by atoms with Gasteiger partial charge in [-0.15, -0.1) is 10.2 Å². The van der Waals surface area contributed by atoms with Gasteiger partial charge in [-0.25, -0.2) is 0 Å². The van der Waals surface area contributed by atoms with Crippen LogP contribution in [-0.2, 0) is 4.79 Å². The third-order valence-corrected chi connectivity index (χ3v) is 4.53. The lowest BCUT2D eigenvalue weighted by molar-refractivity contribution is -0.119. The summed E-state index contributed by atoms with van der Waals surface area (Å²) in [5.74, 6) is 0.670. The second kappa shape index (κ2) is 8.15. The number of carbonyl (C=O) groups is 1. The number of carbonyl (C=O) groups excluding carboxylic acids is 1. The van der Waals surface area contributed by atoms with E-state index in [4.69, 9.17) is 0 Å². The van der Waals surface area contributed by atoms with E-state index in [0.717, 1.165) is 10.7 Å². The molecule has 2 rings (SSSR count). The Morgan fingerprint density at radius 3 is 2.52 bits per heavy atom. The van der Waals surface area contributed by atoms with Gasteiger partial charge in [0.1, 0.15) is 6.33 Å². The Bertz CT molecular complexity index is 625. The van der Waals surface area contributed by atoms with Gasteiger partial charge in [0.25, 0.3) is 0 Å². The molecule has 1 N–H and O–H groups in total. The van der Waals surface area contributed by atoms with Crippen molar-refractivity contribution in [2.45, 2.75) is 44.9 Å². The summed E-state index contributed by atoms with van der Waals surface area (Å²) in [4.78, 5) is 12.3. The molecule has 1 amide bonds. The van der Waals surface area contributed by atoms with Gasteiger partial charge in [0, 0.05) is 6.04 Å². The minimum absolute atomic E-state index is 0.0101. The summed E-state index contributed by atoms with van der Waals surface area (Å²) >= 11 is 1.42. The molecule has 1 atom stereocenters. The van der Waals surface area contributed by atoms with Crippen molar-refractivity contribution >= 4 is 17.7 Å². The van der Waals surface area contributed by atoms with Gasteiger partial charge in [0.05, 0.1) is 11.8 Å². The molecule has 0 aliphatic rings. The van der Waals surface area contributed by atoms with E-state index in [1.54, 1.807) is 6.33 Å². The maximum absolute atomic E-state index is 12.3. The molecule has 0 saturated heterocycles. The zero-order valence-electron chi connectivity index (χ0n) is 14.1. The first-order valence-corrected chi connectivity index (χ1v) is 8.84. The number of rotatable bonds is 7. The fraction of sp³-hybridized carbons (Fsp3) is 0.471. The number of benzene rings is 1. The van der Waals surface area contributed by atoms with Crippen LogP contribution in [-0.4, -0.2) is 26.4 Å². The van der Waals surface area contributed by atoms with E-state index in [1.807, 2.05) is 34.9 Å². The second-order valence-corrected chi connectivity index (χ2v) is 7.05. The van der Waals surface area contributed by atoms with Crippen molar-refractivity contribution in [3.8, 4) is 0 Å². The van der Waals surface area contributed by atoms with Crippen molar-refractivity contribution in [1.29, 1.82) is 0 Å². The SMILES string of the molecule is CC(C)C(NC(=O)CSc1nncn1C(C)C)c1ccccc1. The number of aromatic nitrogens is 3. The highest BCUT2D eigenvalue weighted by atomic mass is 32.2. The maximum atomic E-state index is 12.3. The Labute approximate surface area is 141 Å². The summed E-state index contributed by atoms with van der Waals surface area (Å²) in [6.07, 6.45) is 1.70. The van der Waals surface area contributed by atoms with Crippen molar-refractivity contribution in [3.05, 3.63) is 42.2 Å². The van der Waals surface area contributed by atoms with E-state index in [1.165, 1.54) is 11.8 Å². The summed E-state index contributed by atoms with van der Waals surface area (Å²) < 4.78 is 1.97. The molecule has 1 aromatic heterocycles. The van der Waals surface area contributed by atoms with Gasteiger partial charge in [-0.1, -0.05) is 55.9 Å². The van der Waals surface area contributed by atoms with Crippen LogP contribution < -0.4 is 5.32 Å². The largest absolute Gasteiger partial charge is 0.348 e. The van der Waals surface area contributed by atoms with Crippen LogP contribution in [0.5, 0.6) is 0 Å². The lowest BCUT2D eigenvalue weighted by Gasteiger charge is -2.23. The molecule has 1 unspecified atom stereocenters. The van der Waals surface area contributed by atoms with E-state index >= 15 is 0 Å². The van der Waals surface area contributed by atoms with Crippen LogP contribution in [0, 0.1) is 5.92 Å². The number of amides is 1. The quantitative estimate of drug-likeness (QED) is 0.789. The van der Waals surface area contributed by atoms with Crippen LogP contribution in [0.1, 0.15) is 45.3 Å². The molecule has 0 fully saturated rings. The average Bonchev–Trinajstić information content (AvgIpc) is 3.00. The first-order chi connectivity index (χ1) is 11.0. The van der Waals surface area contributed by atoms with Crippen LogP contribution in [0.3, 0.4) is 0 Å². The molecule has 0 bridgehead atoms. The molecular formula is C17H24N4OS. The summed E-state index contributed by atoms with van der Waals surface area (Å²) in [7, 11) is 0. The zero-order chi connectivity index (χ0) is 16.8. The Morgan fingerprint density at radius 2 is 1.91 bits per heavy atom. The lowest BCUT2D eigenvalue weighted by Crippen LogP contribution is -2.33. The molecule has 0 radical (unpaired) electrons. The lowest BCUT2D eigenvalue weighted by atomic mass is 9.96. The average molecular weight is 332 g/mol. The Kier molecular flexibility index (Phi) is 6.21. The second-order valence-electron chi connectivity index (χ2n) is 6.10. The molecule has 5 nitrogen and oxygen atoms in total. The van der Waals surface area contributed by atoms with Crippen molar-refractivity contribution in [3.63, 3.8) is 0 Å². The van der Waals surface area contributed by atoms with Gasteiger partial charge in [-0.05, 0) is 25.3 Å². The van der Waals surface area contributed by atoms with E-state index in [9.17, 15) is 4.79 Å². The van der Waals surface area contributed by atoms with Gasteiger partial charge < -0.3 is 9.88 Å². The topological polar surface area (TPSA) is 59.8 Å². The molecular weight excluding hydrogens is 308 g/mol. The number of hydrogen-bond acceptors (Lipinski definition) is 4.